The minimum atomic E-state index is -0.562. The van der Waals surface area contributed by atoms with E-state index in [0.717, 1.165) is 10.0 Å². The number of nitrogen functional groups attached to an aromatic ring is 1. The summed E-state index contributed by atoms with van der Waals surface area (Å²) in [5.41, 5.74) is 7.36. The van der Waals surface area contributed by atoms with Gasteiger partial charge in [0.05, 0.1) is 11.3 Å². The number of halogens is 3. The van der Waals surface area contributed by atoms with Crippen molar-refractivity contribution in [3.8, 4) is 0 Å². The SMILES string of the molecule is Cc1cc(NC(=O)c2cc(N)c(F)cc2Br)ccc1Br. The van der Waals surface area contributed by atoms with Gasteiger partial charge in [-0.1, -0.05) is 15.9 Å². The predicted molar refractivity (Wildman–Crippen MR) is 85.3 cm³/mol. The van der Waals surface area contributed by atoms with Gasteiger partial charge in [0.25, 0.3) is 5.91 Å². The fraction of sp³-hybridized carbons (Fsp3) is 0.0714. The van der Waals surface area contributed by atoms with Crippen molar-refractivity contribution in [1.82, 2.24) is 0 Å². The van der Waals surface area contributed by atoms with Crippen LogP contribution >= 0.6 is 31.9 Å². The summed E-state index contributed by atoms with van der Waals surface area (Å²) in [7, 11) is 0. The van der Waals surface area contributed by atoms with E-state index in [2.05, 4.69) is 37.2 Å². The van der Waals surface area contributed by atoms with Gasteiger partial charge in [0.1, 0.15) is 5.82 Å². The molecule has 0 atom stereocenters. The van der Waals surface area contributed by atoms with Crippen LogP contribution in [0.25, 0.3) is 0 Å². The van der Waals surface area contributed by atoms with E-state index in [0.29, 0.717) is 10.2 Å². The first-order chi connectivity index (χ1) is 9.38. The zero-order valence-corrected chi connectivity index (χ0v) is 13.7. The molecular formula is C14H11Br2FN2O. The predicted octanol–water partition coefficient (Wildman–Crippen LogP) is 4.49. The van der Waals surface area contributed by atoms with Crippen LogP contribution in [0.4, 0.5) is 15.8 Å². The molecule has 0 fully saturated rings. The molecule has 20 heavy (non-hydrogen) atoms. The number of rotatable bonds is 2. The van der Waals surface area contributed by atoms with Crippen molar-refractivity contribution in [2.45, 2.75) is 6.92 Å². The summed E-state index contributed by atoms with van der Waals surface area (Å²) in [6.45, 7) is 1.92. The largest absolute Gasteiger partial charge is 0.396 e. The Labute approximate surface area is 132 Å². The monoisotopic (exact) mass is 400 g/mol. The maximum Gasteiger partial charge on any atom is 0.256 e. The Bertz CT molecular complexity index is 689. The smallest absolute Gasteiger partial charge is 0.256 e. The Morgan fingerprint density at radius 1 is 1.20 bits per heavy atom. The quantitative estimate of drug-likeness (QED) is 0.728. The van der Waals surface area contributed by atoms with Crippen LogP contribution < -0.4 is 11.1 Å². The number of nitrogens with one attached hydrogen (secondary N) is 1. The first kappa shape index (κ1) is 15.0. The van der Waals surface area contributed by atoms with E-state index in [1.54, 1.807) is 6.07 Å². The number of hydrogen-bond donors (Lipinski definition) is 2. The normalized spacial score (nSPS) is 10.4. The second kappa shape index (κ2) is 5.93. The van der Waals surface area contributed by atoms with E-state index in [9.17, 15) is 9.18 Å². The van der Waals surface area contributed by atoms with Crippen LogP contribution in [0.2, 0.25) is 0 Å². The first-order valence-corrected chi connectivity index (χ1v) is 7.29. The Morgan fingerprint density at radius 3 is 2.55 bits per heavy atom. The number of anilines is 2. The van der Waals surface area contributed by atoms with Gasteiger partial charge in [0.2, 0.25) is 0 Å². The third-order valence-corrected chi connectivity index (χ3v) is 4.29. The van der Waals surface area contributed by atoms with E-state index in [4.69, 9.17) is 5.73 Å². The molecule has 0 spiro atoms. The van der Waals surface area contributed by atoms with Crippen LogP contribution in [-0.2, 0) is 0 Å². The van der Waals surface area contributed by atoms with Crippen molar-refractivity contribution in [2.24, 2.45) is 0 Å². The Morgan fingerprint density at radius 2 is 1.90 bits per heavy atom. The number of hydrogen-bond acceptors (Lipinski definition) is 2. The minimum Gasteiger partial charge on any atom is -0.396 e. The summed E-state index contributed by atoms with van der Waals surface area (Å²) in [5.74, 6) is -0.918. The zero-order valence-electron chi connectivity index (χ0n) is 10.5. The highest BCUT2D eigenvalue weighted by Gasteiger charge is 2.13. The van der Waals surface area contributed by atoms with E-state index in [-0.39, 0.29) is 17.2 Å². The lowest BCUT2D eigenvalue weighted by Crippen LogP contribution is -2.13. The number of nitrogens with two attached hydrogens (primary N) is 1. The van der Waals surface area contributed by atoms with Crippen LogP contribution in [0.5, 0.6) is 0 Å². The first-order valence-electron chi connectivity index (χ1n) is 5.70. The molecule has 0 unspecified atom stereocenters. The molecule has 0 bridgehead atoms. The van der Waals surface area contributed by atoms with Gasteiger partial charge in [-0.3, -0.25) is 4.79 Å². The van der Waals surface area contributed by atoms with Gasteiger partial charge in [-0.2, -0.15) is 0 Å². The second-order valence-electron chi connectivity index (χ2n) is 4.27. The number of carbonyl (C=O) groups excluding carboxylic acids is 1. The molecule has 3 nitrogen and oxygen atoms in total. The molecule has 2 rings (SSSR count). The summed E-state index contributed by atoms with van der Waals surface area (Å²) < 4.78 is 14.6. The van der Waals surface area contributed by atoms with Gasteiger partial charge in [-0.25, -0.2) is 4.39 Å². The molecule has 104 valence electrons. The zero-order chi connectivity index (χ0) is 14.9. The van der Waals surface area contributed by atoms with E-state index in [1.165, 1.54) is 12.1 Å². The highest BCUT2D eigenvalue weighted by atomic mass is 79.9. The molecule has 0 aliphatic carbocycles. The average Bonchev–Trinajstić information content (AvgIpc) is 2.38. The van der Waals surface area contributed by atoms with Crippen LogP contribution in [0.3, 0.4) is 0 Å². The Hall–Kier alpha value is -1.40. The van der Waals surface area contributed by atoms with E-state index < -0.39 is 5.82 Å². The van der Waals surface area contributed by atoms with E-state index in [1.807, 2.05) is 19.1 Å². The highest BCUT2D eigenvalue weighted by Crippen LogP contribution is 2.25. The molecule has 3 N–H and O–H groups in total. The van der Waals surface area contributed by atoms with Crippen molar-refractivity contribution in [2.75, 3.05) is 11.1 Å². The van der Waals surface area contributed by atoms with Crippen molar-refractivity contribution in [1.29, 1.82) is 0 Å². The molecule has 0 aromatic heterocycles. The van der Waals surface area contributed by atoms with Gasteiger partial charge in [0, 0.05) is 14.6 Å². The number of amides is 1. The van der Waals surface area contributed by atoms with Crippen molar-refractivity contribution >= 4 is 49.1 Å². The number of benzene rings is 2. The van der Waals surface area contributed by atoms with Gasteiger partial charge in [-0.15, -0.1) is 0 Å². The molecule has 0 saturated carbocycles. The van der Waals surface area contributed by atoms with Gasteiger partial charge < -0.3 is 11.1 Å². The lowest BCUT2D eigenvalue weighted by Gasteiger charge is -2.09. The molecule has 0 saturated heterocycles. The van der Waals surface area contributed by atoms with Crippen molar-refractivity contribution in [3.05, 3.63) is 56.2 Å². The molecule has 2 aromatic carbocycles. The number of carbonyl (C=O) groups is 1. The minimum absolute atomic E-state index is 0.0645. The topological polar surface area (TPSA) is 55.1 Å². The summed E-state index contributed by atoms with van der Waals surface area (Å²) in [6, 6.07) is 7.94. The summed E-state index contributed by atoms with van der Waals surface area (Å²) in [5, 5.41) is 2.75. The van der Waals surface area contributed by atoms with Crippen LogP contribution in [0, 0.1) is 12.7 Å². The van der Waals surface area contributed by atoms with Gasteiger partial charge >= 0.3 is 0 Å². The van der Waals surface area contributed by atoms with Crippen molar-refractivity contribution < 1.29 is 9.18 Å². The van der Waals surface area contributed by atoms with Gasteiger partial charge in [0.15, 0.2) is 0 Å². The lowest BCUT2D eigenvalue weighted by molar-refractivity contribution is 0.102. The molecule has 2 aromatic rings. The molecule has 0 heterocycles. The van der Waals surface area contributed by atoms with Crippen LogP contribution in [-0.4, -0.2) is 5.91 Å². The number of aryl methyl sites for hydroxylation is 1. The maximum atomic E-state index is 13.3. The molecule has 0 aliphatic heterocycles. The standard InChI is InChI=1S/C14H11Br2FN2O/c1-7-4-8(2-3-10(7)15)19-14(20)9-5-13(18)12(17)6-11(9)16/h2-6H,18H2,1H3,(H,19,20). The van der Waals surface area contributed by atoms with Crippen LogP contribution in [0.15, 0.2) is 39.3 Å². The van der Waals surface area contributed by atoms with E-state index >= 15 is 0 Å². The second-order valence-corrected chi connectivity index (χ2v) is 5.98. The molecule has 0 radical (unpaired) electrons. The van der Waals surface area contributed by atoms with Crippen LogP contribution in [0.1, 0.15) is 15.9 Å². The molecule has 6 heteroatoms. The molecular weight excluding hydrogens is 391 g/mol. The summed E-state index contributed by atoms with van der Waals surface area (Å²) in [4.78, 5) is 12.2. The molecule has 0 aliphatic rings. The average molecular weight is 402 g/mol. The Kier molecular flexibility index (Phi) is 4.45. The molecule has 1 amide bonds. The summed E-state index contributed by atoms with van der Waals surface area (Å²) >= 11 is 6.55. The highest BCUT2D eigenvalue weighted by molar-refractivity contribution is 9.10. The maximum absolute atomic E-state index is 13.3. The van der Waals surface area contributed by atoms with Gasteiger partial charge in [-0.05, 0) is 58.7 Å². The third-order valence-electron chi connectivity index (χ3n) is 2.75. The van der Waals surface area contributed by atoms with Crippen molar-refractivity contribution in [3.63, 3.8) is 0 Å². The summed E-state index contributed by atoms with van der Waals surface area (Å²) in [6.07, 6.45) is 0. The fourth-order valence-electron chi connectivity index (χ4n) is 1.66. The third kappa shape index (κ3) is 3.19. The fourth-order valence-corrected chi connectivity index (χ4v) is 2.40. The Balaban J connectivity index is 2.28. The lowest BCUT2D eigenvalue weighted by atomic mass is 10.1.